The summed E-state index contributed by atoms with van der Waals surface area (Å²) in [6.45, 7) is 4.76. The van der Waals surface area contributed by atoms with Crippen molar-refractivity contribution in [2.24, 2.45) is 0 Å². The quantitative estimate of drug-likeness (QED) is 0.456. The van der Waals surface area contributed by atoms with E-state index in [-0.39, 0.29) is 39.8 Å². The van der Waals surface area contributed by atoms with Crippen molar-refractivity contribution >= 4 is 34.9 Å². The molecule has 0 bridgehead atoms. The summed E-state index contributed by atoms with van der Waals surface area (Å²) in [6.07, 6.45) is -3.53. The second-order valence-electron chi connectivity index (χ2n) is 8.26. The third-order valence-electron chi connectivity index (χ3n) is 4.62. The normalized spacial score (nSPS) is 15.5. The van der Waals surface area contributed by atoms with E-state index in [0.29, 0.717) is 0 Å². The Morgan fingerprint density at radius 3 is 2.53 bits per heavy atom. The first-order valence-corrected chi connectivity index (χ1v) is 10.8. The minimum absolute atomic E-state index is 0.100. The number of benzene rings is 1. The van der Waals surface area contributed by atoms with E-state index in [0.717, 1.165) is 23.6 Å². The molecule has 1 aliphatic rings. The zero-order chi connectivity index (χ0) is 23.7. The molecular weight excluding hydrogens is 445 g/mol. The van der Waals surface area contributed by atoms with Crippen LogP contribution in [0.15, 0.2) is 36.5 Å². The molecule has 7 nitrogen and oxygen atoms in total. The van der Waals surface area contributed by atoms with Gasteiger partial charge in [0, 0.05) is 35.0 Å². The number of rotatable bonds is 7. The Morgan fingerprint density at radius 1 is 1.28 bits per heavy atom. The Bertz CT molecular complexity index is 1030. The first-order chi connectivity index (χ1) is 14.8. The number of aromatic nitrogens is 1. The Hall–Kier alpha value is -2.79. The molecule has 3 rings (SSSR count). The number of hydrogen-bond acceptors (Lipinski definition) is 7. The van der Waals surface area contributed by atoms with Gasteiger partial charge in [-0.3, -0.25) is 4.79 Å². The van der Waals surface area contributed by atoms with Crippen LogP contribution in [-0.4, -0.2) is 50.7 Å². The molecule has 1 amide bonds. The molecule has 1 aromatic heterocycles. The number of nitrogens with zero attached hydrogens (tertiary/aromatic N) is 1. The first-order valence-electron chi connectivity index (χ1n) is 9.61. The maximum Gasteiger partial charge on any atom is 0.573 e. The maximum absolute atomic E-state index is 12.7. The highest BCUT2D eigenvalue weighted by Gasteiger charge is 2.35. The van der Waals surface area contributed by atoms with Crippen LogP contribution >= 0.6 is 11.8 Å². The monoisotopic (exact) mass is 468 g/mol. The van der Waals surface area contributed by atoms with E-state index in [1.54, 1.807) is 11.8 Å². The van der Waals surface area contributed by atoms with Crippen molar-refractivity contribution in [3.8, 4) is 5.75 Å². The number of carbonyl (C=O) groups is 1. The maximum atomic E-state index is 12.7. The number of carbonyl (C=O) groups excluding carboxylic acids is 1. The van der Waals surface area contributed by atoms with E-state index in [9.17, 15) is 23.1 Å². The molecule has 1 saturated heterocycles. The fraction of sp³-hybridized carbons (Fsp3) is 0.381. The number of hydrogen-bond donors (Lipinski definition) is 4. The molecule has 11 heteroatoms. The van der Waals surface area contributed by atoms with Gasteiger partial charge in [0.1, 0.15) is 17.2 Å². The molecule has 0 radical (unpaired) electrons. The average molecular weight is 469 g/mol. The molecule has 172 valence electrons. The van der Waals surface area contributed by atoms with Crippen LogP contribution in [0.1, 0.15) is 36.7 Å². The van der Waals surface area contributed by atoms with Crippen molar-refractivity contribution in [3.05, 3.63) is 47.7 Å². The number of nitrogens with one attached hydrogen (secondary N) is 3. The molecule has 32 heavy (non-hydrogen) atoms. The van der Waals surface area contributed by atoms with Gasteiger partial charge in [-0.25, -0.2) is 4.98 Å². The fourth-order valence-electron chi connectivity index (χ4n) is 2.94. The number of alkyl halides is 3. The number of ether oxygens (including phenoxy) is 1. The lowest BCUT2D eigenvalue weighted by Gasteiger charge is -2.38. The summed E-state index contributed by atoms with van der Waals surface area (Å²) < 4.78 is 41.5. The molecule has 0 unspecified atom stereocenters. The lowest BCUT2D eigenvalue weighted by molar-refractivity contribution is -0.274. The van der Waals surface area contributed by atoms with E-state index in [2.05, 4.69) is 20.4 Å². The number of halogens is 3. The lowest BCUT2D eigenvalue weighted by Crippen LogP contribution is -2.55. The van der Waals surface area contributed by atoms with Gasteiger partial charge in [-0.2, -0.15) is 11.8 Å². The summed E-state index contributed by atoms with van der Waals surface area (Å²) >= 11 is 1.71. The summed E-state index contributed by atoms with van der Waals surface area (Å²) in [7, 11) is 0. The SMILES string of the molecule is CC1(NC(=O)c2cnc(Nc3cccc(OC(F)(F)F)c3)c(C(=N)C(C)(C)O)c2)CSC1. The van der Waals surface area contributed by atoms with Crippen LogP contribution < -0.4 is 15.4 Å². The number of amides is 1. The molecule has 1 fully saturated rings. The van der Waals surface area contributed by atoms with Crippen molar-refractivity contribution in [3.63, 3.8) is 0 Å². The van der Waals surface area contributed by atoms with Gasteiger partial charge in [-0.1, -0.05) is 6.07 Å². The molecule has 2 heterocycles. The van der Waals surface area contributed by atoms with Gasteiger partial charge in [0.25, 0.3) is 5.91 Å². The van der Waals surface area contributed by atoms with E-state index >= 15 is 0 Å². The van der Waals surface area contributed by atoms with Gasteiger partial charge in [-0.15, -0.1) is 13.2 Å². The minimum Gasteiger partial charge on any atom is -0.406 e. The van der Waals surface area contributed by atoms with Crippen LogP contribution in [0.4, 0.5) is 24.7 Å². The topological polar surface area (TPSA) is 107 Å². The molecule has 0 atom stereocenters. The van der Waals surface area contributed by atoms with Gasteiger partial charge in [0.05, 0.1) is 16.8 Å². The molecule has 2 aromatic rings. The third kappa shape index (κ3) is 5.92. The average Bonchev–Trinajstić information content (AvgIpc) is 2.64. The largest absolute Gasteiger partial charge is 0.573 e. The van der Waals surface area contributed by atoms with Crippen LogP contribution in [0.5, 0.6) is 5.75 Å². The summed E-state index contributed by atoms with van der Waals surface area (Å²) in [5.41, 5.74) is -1.52. The van der Waals surface area contributed by atoms with Gasteiger partial charge in [0.2, 0.25) is 0 Å². The molecule has 1 aliphatic heterocycles. The van der Waals surface area contributed by atoms with E-state index in [1.165, 1.54) is 38.2 Å². The highest BCUT2D eigenvalue weighted by atomic mass is 32.2. The van der Waals surface area contributed by atoms with E-state index < -0.39 is 17.7 Å². The zero-order valence-corrected chi connectivity index (χ0v) is 18.4. The lowest BCUT2D eigenvalue weighted by atomic mass is 9.95. The smallest absolute Gasteiger partial charge is 0.406 e. The molecule has 4 N–H and O–H groups in total. The third-order valence-corrected chi connectivity index (χ3v) is 6.30. The van der Waals surface area contributed by atoms with Gasteiger partial charge in [0.15, 0.2) is 0 Å². The summed E-state index contributed by atoms with van der Waals surface area (Å²) in [5, 5.41) is 24.5. The fourth-order valence-corrected chi connectivity index (χ4v) is 3.90. The van der Waals surface area contributed by atoms with Crippen LogP contribution in [0.3, 0.4) is 0 Å². The minimum atomic E-state index is -4.84. The number of thioether (sulfide) groups is 1. The van der Waals surface area contributed by atoms with Crippen LogP contribution in [0, 0.1) is 5.41 Å². The highest BCUT2D eigenvalue weighted by molar-refractivity contribution is 8.00. The Kier molecular flexibility index (Phi) is 6.43. The molecule has 0 aliphatic carbocycles. The van der Waals surface area contributed by atoms with Crippen molar-refractivity contribution < 1.29 is 27.8 Å². The summed E-state index contributed by atoms with van der Waals surface area (Å²) in [4.78, 5) is 16.9. The Morgan fingerprint density at radius 2 is 1.97 bits per heavy atom. The highest BCUT2D eigenvalue weighted by Crippen LogP contribution is 2.30. The zero-order valence-electron chi connectivity index (χ0n) is 17.6. The van der Waals surface area contributed by atoms with E-state index in [1.807, 2.05) is 6.92 Å². The predicted octanol–water partition coefficient (Wildman–Crippen LogP) is 4.10. The van der Waals surface area contributed by atoms with Gasteiger partial charge < -0.3 is 25.9 Å². The van der Waals surface area contributed by atoms with Crippen molar-refractivity contribution in [2.45, 2.75) is 38.3 Å². The number of anilines is 2. The van der Waals surface area contributed by atoms with E-state index in [4.69, 9.17) is 5.41 Å². The molecule has 1 aromatic carbocycles. The first kappa shape index (κ1) is 23.9. The van der Waals surface area contributed by atoms with Crippen LogP contribution in [0.2, 0.25) is 0 Å². The predicted molar refractivity (Wildman–Crippen MR) is 117 cm³/mol. The molecule has 0 saturated carbocycles. The Balaban J connectivity index is 1.92. The van der Waals surface area contributed by atoms with Gasteiger partial charge in [-0.05, 0) is 39.0 Å². The molecule has 0 spiro atoms. The van der Waals surface area contributed by atoms with Crippen molar-refractivity contribution in [1.82, 2.24) is 10.3 Å². The van der Waals surface area contributed by atoms with Crippen molar-refractivity contribution in [2.75, 3.05) is 16.8 Å². The number of pyridine rings is 1. The molecular formula is C21H23F3N4O3S. The number of aliphatic hydroxyl groups is 1. The summed E-state index contributed by atoms with van der Waals surface area (Å²) in [6, 6.07) is 6.57. The Labute approximate surface area is 187 Å². The second kappa shape index (κ2) is 8.62. The van der Waals surface area contributed by atoms with Crippen molar-refractivity contribution in [1.29, 1.82) is 5.41 Å². The van der Waals surface area contributed by atoms with Crippen LogP contribution in [-0.2, 0) is 0 Å². The van der Waals surface area contributed by atoms with Gasteiger partial charge >= 0.3 is 6.36 Å². The standard InChI is InChI=1S/C21H23F3N4O3S/c1-19(2,30)16(25)15-7-12(18(29)28-20(3)10-32-11-20)9-26-17(15)27-13-5-4-6-14(8-13)31-21(22,23)24/h4-9,25,30H,10-11H2,1-3H3,(H,26,27)(H,28,29). The summed E-state index contributed by atoms with van der Waals surface area (Å²) in [5.74, 6) is 0.882. The second-order valence-corrected chi connectivity index (χ2v) is 9.25. The van der Waals surface area contributed by atoms with Crippen LogP contribution in [0.25, 0.3) is 0 Å².